The fraction of sp³-hybridized carbons (Fsp3) is 0.115. The number of hydrogen-bond donors (Lipinski definition) is 4. The molecule has 0 unspecified atom stereocenters. The molecule has 33 heavy (non-hydrogen) atoms. The predicted octanol–water partition coefficient (Wildman–Crippen LogP) is 3.57. The van der Waals surface area contributed by atoms with E-state index in [1.54, 1.807) is 0 Å². The summed E-state index contributed by atoms with van der Waals surface area (Å²) in [6.07, 6.45) is 7.92. The Kier molecular flexibility index (Phi) is 4.91. The molecule has 2 aliphatic rings. The number of fused-ring (bicyclic) bond motifs is 3. The van der Waals surface area contributed by atoms with Gasteiger partial charge in [-0.3, -0.25) is 5.73 Å². The van der Waals surface area contributed by atoms with Crippen LogP contribution in [-0.2, 0) is 7.05 Å². The van der Waals surface area contributed by atoms with Crippen molar-refractivity contribution in [1.29, 1.82) is 0 Å². The molecule has 0 bridgehead atoms. The van der Waals surface area contributed by atoms with Crippen LogP contribution in [0.25, 0.3) is 16.8 Å². The Morgan fingerprint density at radius 1 is 0.879 bits per heavy atom. The number of aryl methyl sites for hydroxylation is 1. The number of nitrogen functional groups attached to an aromatic ring is 2. The zero-order valence-corrected chi connectivity index (χ0v) is 18.9. The van der Waals surface area contributed by atoms with Crippen LogP contribution in [0, 0.1) is 13.0 Å². The SMILES string of the molecule is Cc1cc(Nc2ccc3c(c2)N(C)C(=C2C=C[C](N)C=C2)c2cc(N)ccc2-3)nc(N)[n+]1C. The van der Waals surface area contributed by atoms with E-state index < -0.39 is 0 Å². The van der Waals surface area contributed by atoms with E-state index >= 15 is 0 Å². The van der Waals surface area contributed by atoms with Gasteiger partial charge in [-0.1, -0.05) is 41.4 Å². The van der Waals surface area contributed by atoms with Crippen LogP contribution in [0.4, 0.5) is 28.8 Å². The summed E-state index contributed by atoms with van der Waals surface area (Å²) < 4.78 is 1.85. The lowest BCUT2D eigenvalue weighted by Gasteiger charge is -2.34. The minimum absolute atomic E-state index is 0.457. The largest absolute Gasteiger partial charge is 0.399 e. The Bertz CT molecular complexity index is 1330. The van der Waals surface area contributed by atoms with E-state index in [0.29, 0.717) is 11.8 Å². The second-order valence-corrected chi connectivity index (χ2v) is 8.39. The highest BCUT2D eigenvalue weighted by atomic mass is 15.2. The van der Waals surface area contributed by atoms with Crippen molar-refractivity contribution in [3.63, 3.8) is 0 Å². The van der Waals surface area contributed by atoms with Gasteiger partial charge in [0.05, 0.1) is 30.2 Å². The summed E-state index contributed by atoms with van der Waals surface area (Å²) in [4.78, 5) is 6.66. The van der Waals surface area contributed by atoms with Gasteiger partial charge in [0.15, 0.2) is 0 Å². The molecule has 1 aliphatic carbocycles. The Morgan fingerprint density at radius 2 is 1.61 bits per heavy atom. The first-order chi connectivity index (χ1) is 15.8. The van der Waals surface area contributed by atoms with Crippen molar-refractivity contribution in [3.05, 3.63) is 89.6 Å². The third-order valence-electron chi connectivity index (χ3n) is 6.19. The van der Waals surface area contributed by atoms with Crippen molar-refractivity contribution >= 4 is 34.5 Å². The molecule has 165 valence electrons. The molecule has 1 aliphatic heterocycles. The maximum absolute atomic E-state index is 6.18. The number of nitrogens with two attached hydrogens (primary N) is 3. The first-order valence-electron chi connectivity index (χ1n) is 10.7. The van der Waals surface area contributed by atoms with Gasteiger partial charge in [0.25, 0.3) is 0 Å². The summed E-state index contributed by atoms with van der Waals surface area (Å²) in [6.45, 7) is 2.00. The first-order valence-corrected chi connectivity index (χ1v) is 10.7. The van der Waals surface area contributed by atoms with E-state index in [1.807, 2.05) is 61.0 Å². The molecule has 7 nitrogen and oxygen atoms in total. The quantitative estimate of drug-likeness (QED) is 0.360. The van der Waals surface area contributed by atoms with Crippen molar-refractivity contribution in [2.75, 3.05) is 28.7 Å². The third-order valence-corrected chi connectivity index (χ3v) is 6.19. The molecule has 0 amide bonds. The molecule has 0 spiro atoms. The van der Waals surface area contributed by atoms with Crippen LogP contribution in [0.15, 0.2) is 72.3 Å². The first kappa shape index (κ1) is 20.8. The number of allylic oxidation sites excluding steroid dienone is 3. The van der Waals surface area contributed by atoms with Crippen LogP contribution in [0.3, 0.4) is 0 Å². The van der Waals surface area contributed by atoms with Gasteiger partial charge < -0.3 is 21.7 Å². The molecule has 7 heteroatoms. The molecule has 7 N–H and O–H groups in total. The molecule has 0 saturated carbocycles. The Labute approximate surface area is 193 Å². The number of nitrogens with one attached hydrogen (secondary N) is 1. The summed E-state index contributed by atoms with van der Waals surface area (Å²) >= 11 is 0. The monoisotopic (exact) mass is 437 g/mol. The zero-order chi connectivity index (χ0) is 23.3. The van der Waals surface area contributed by atoms with Crippen molar-refractivity contribution in [1.82, 2.24) is 4.98 Å². The minimum atomic E-state index is 0.457. The molecular formula is C26H27N7+. The Morgan fingerprint density at radius 3 is 2.33 bits per heavy atom. The van der Waals surface area contributed by atoms with Gasteiger partial charge in [-0.2, -0.15) is 0 Å². The van der Waals surface area contributed by atoms with Crippen LogP contribution < -0.4 is 32.0 Å². The summed E-state index contributed by atoms with van der Waals surface area (Å²) in [5.74, 6) is 1.16. The van der Waals surface area contributed by atoms with Crippen molar-refractivity contribution < 1.29 is 4.57 Å². The van der Waals surface area contributed by atoms with Gasteiger partial charge in [-0.05, 0) is 42.3 Å². The molecule has 1 aromatic heterocycles. The molecule has 1 radical (unpaired) electrons. The number of hydrogen-bond acceptors (Lipinski definition) is 6. The predicted molar refractivity (Wildman–Crippen MR) is 135 cm³/mol. The van der Waals surface area contributed by atoms with Gasteiger partial charge in [0, 0.05) is 35.6 Å². The maximum atomic E-state index is 6.18. The Balaban J connectivity index is 1.63. The zero-order valence-electron chi connectivity index (χ0n) is 18.9. The lowest BCUT2D eigenvalue weighted by atomic mass is 9.88. The standard InChI is InChI=1S/C26H26N7/c1-15-12-24(31-26(29)32(15)2)30-19-9-11-21-20-10-8-18(28)13-22(20)25(33(3)23(21)14-19)16-4-6-17(27)7-5-16/h4-14H,27-28H2,1-3H3,(H2,29,30,31)/p+1. The van der Waals surface area contributed by atoms with Gasteiger partial charge in [-0.25, -0.2) is 4.57 Å². The van der Waals surface area contributed by atoms with Crippen LogP contribution in [0.2, 0.25) is 0 Å². The average Bonchev–Trinajstić information content (AvgIpc) is 2.79. The molecule has 0 saturated heterocycles. The van der Waals surface area contributed by atoms with Crippen LogP contribution in [0.5, 0.6) is 0 Å². The average molecular weight is 438 g/mol. The summed E-state index contributed by atoms with van der Waals surface area (Å²) in [5.41, 5.74) is 27.4. The van der Waals surface area contributed by atoms with E-state index in [-0.39, 0.29) is 0 Å². The molecule has 2 heterocycles. The van der Waals surface area contributed by atoms with Crippen molar-refractivity contribution in [2.45, 2.75) is 6.92 Å². The third kappa shape index (κ3) is 3.62. The smallest absolute Gasteiger partial charge is 0.391 e. The number of nitrogens with zero attached hydrogens (tertiary/aromatic N) is 3. The fourth-order valence-electron chi connectivity index (χ4n) is 4.32. The van der Waals surface area contributed by atoms with Crippen LogP contribution in [-0.4, -0.2) is 12.0 Å². The molecule has 2 aromatic carbocycles. The highest BCUT2D eigenvalue weighted by Gasteiger charge is 2.27. The fourth-order valence-corrected chi connectivity index (χ4v) is 4.32. The van der Waals surface area contributed by atoms with Crippen molar-refractivity contribution in [2.24, 2.45) is 12.8 Å². The molecule has 5 rings (SSSR count). The lowest BCUT2D eigenvalue weighted by Crippen LogP contribution is -2.36. The van der Waals surface area contributed by atoms with Gasteiger partial charge >= 0.3 is 5.95 Å². The van der Waals surface area contributed by atoms with E-state index in [0.717, 1.165) is 56.8 Å². The maximum Gasteiger partial charge on any atom is 0.391 e. The van der Waals surface area contributed by atoms with E-state index in [9.17, 15) is 0 Å². The van der Waals surface area contributed by atoms with E-state index in [2.05, 4.69) is 46.5 Å². The molecule has 3 aromatic rings. The number of anilines is 5. The van der Waals surface area contributed by atoms with Crippen LogP contribution >= 0.6 is 0 Å². The summed E-state index contributed by atoms with van der Waals surface area (Å²) in [6, 6.07) is 15.1. The van der Waals surface area contributed by atoms with Gasteiger partial charge in [0.1, 0.15) is 0 Å². The highest BCUT2D eigenvalue weighted by Crippen LogP contribution is 2.47. The number of aromatic nitrogens is 2. The number of rotatable bonds is 2. The molecule has 0 fully saturated rings. The number of benzene rings is 2. The Hall–Kier alpha value is -4.10. The molecular weight excluding hydrogens is 410 g/mol. The minimum Gasteiger partial charge on any atom is -0.399 e. The molecule has 0 atom stereocenters. The summed E-state index contributed by atoms with van der Waals surface area (Å²) in [5, 5.41) is 3.40. The topological polar surface area (TPSA) is 110 Å². The van der Waals surface area contributed by atoms with Gasteiger partial charge in [-0.15, -0.1) is 0 Å². The normalized spacial score (nSPS) is 15.0. The van der Waals surface area contributed by atoms with Crippen LogP contribution in [0.1, 0.15) is 11.3 Å². The van der Waals surface area contributed by atoms with E-state index in [4.69, 9.17) is 17.2 Å². The van der Waals surface area contributed by atoms with E-state index in [1.165, 1.54) is 0 Å². The second kappa shape index (κ2) is 7.79. The van der Waals surface area contributed by atoms with Gasteiger partial charge in [0.2, 0.25) is 5.82 Å². The lowest BCUT2D eigenvalue weighted by molar-refractivity contribution is -0.665. The second-order valence-electron chi connectivity index (χ2n) is 8.39. The van der Waals surface area contributed by atoms with Crippen molar-refractivity contribution in [3.8, 4) is 11.1 Å². The summed E-state index contributed by atoms with van der Waals surface area (Å²) in [7, 11) is 3.97. The highest BCUT2D eigenvalue weighted by molar-refractivity contribution is 6.02.